The Labute approximate surface area is 99.4 Å². The molecule has 1 atom stereocenters. The summed E-state index contributed by atoms with van der Waals surface area (Å²) >= 11 is 0. The minimum absolute atomic E-state index is 0.127. The monoisotopic (exact) mass is 241 g/mol. The number of nitrogens with one attached hydrogen (secondary N) is 1. The second-order valence-electron chi connectivity index (χ2n) is 3.83. The molecule has 94 valence electrons. The molecule has 0 fully saturated rings. The molecule has 0 spiro atoms. The van der Waals surface area contributed by atoms with Crippen LogP contribution in [0.15, 0.2) is 18.2 Å². The summed E-state index contributed by atoms with van der Waals surface area (Å²) < 4.78 is 18.1. The van der Waals surface area contributed by atoms with Gasteiger partial charge in [0.15, 0.2) is 0 Å². The maximum atomic E-state index is 13.1. The van der Waals surface area contributed by atoms with Gasteiger partial charge in [-0.2, -0.15) is 0 Å². The number of hydrogen-bond donors (Lipinski definition) is 2. The molecule has 1 aromatic carbocycles. The number of rotatable bonds is 6. The Kier molecular flexibility index (Phi) is 4.90. The fourth-order valence-electron chi connectivity index (χ4n) is 1.43. The highest BCUT2D eigenvalue weighted by atomic mass is 19.1. The molecule has 1 rings (SSSR count). The van der Waals surface area contributed by atoms with E-state index in [-0.39, 0.29) is 11.6 Å². The Morgan fingerprint density at radius 1 is 1.59 bits per heavy atom. The SMILES string of the molecule is COCCC(C)Nc1ccc(F)c(C(=O)O)c1. The summed E-state index contributed by atoms with van der Waals surface area (Å²) in [4.78, 5) is 10.7. The molecule has 0 aliphatic heterocycles. The van der Waals surface area contributed by atoms with Gasteiger partial charge >= 0.3 is 5.97 Å². The van der Waals surface area contributed by atoms with Crippen LogP contribution in [0.1, 0.15) is 23.7 Å². The second kappa shape index (κ2) is 6.20. The number of halogens is 1. The Bertz CT molecular complexity index is 395. The van der Waals surface area contributed by atoms with Crippen molar-refractivity contribution >= 4 is 11.7 Å². The van der Waals surface area contributed by atoms with Crippen molar-refractivity contribution in [1.29, 1.82) is 0 Å². The van der Waals surface area contributed by atoms with E-state index in [4.69, 9.17) is 9.84 Å². The van der Waals surface area contributed by atoms with E-state index in [1.165, 1.54) is 12.1 Å². The average Bonchev–Trinajstić information content (AvgIpc) is 2.28. The van der Waals surface area contributed by atoms with Crippen LogP contribution >= 0.6 is 0 Å². The fourth-order valence-corrected chi connectivity index (χ4v) is 1.43. The highest BCUT2D eigenvalue weighted by molar-refractivity contribution is 5.89. The normalized spacial score (nSPS) is 12.2. The summed E-state index contributed by atoms with van der Waals surface area (Å²) in [5, 5.41) is 11.9. The molecule has 17 heavy (non-hydrogen) atoms. The molecule has 0 amide bonds. The van der Waals surface area contributed by atoms with Crippen LogP contribution in [0.2, 0.25) is 0 Å². The Morgan fingerprint density at radius 2 is 2.29 bits per heavy atom. The number of benzene rings is 1. The Morgan fingerprint density at radius 3 is 2.88 bits per heavy atom. The first-order valence-corrected chi connectivity index (χ1v) is 5.33. The quantitative estimate of drug-likeness (QED) is 0.802. The topological polar surface area (TPSA) is 58.6 Å². The number of carboxylic acids is 1. The number of anilines is 1. The zero-order valence-corrected chi connectivity index (χ0v) is 9.87. The molecule has 0 saturated carbocycles. The van der Waals surface area contributed by atoms with E-state index in [1.54, 1.807) is 7.11 Å². The van der Waals surface area contributed by atoms with Crippen LogP contribution in [0.4, 0.5) is 10.1 Å². The minimum Gasteiger partial charge on any atom is -0.478 e. The molecule has 4 nitrogen and oxygen atoms in total. The summed E-state index contributed by atoms with van der Waals surface area (Å²) in [6, 6.07) is 4.09. The number of aromatic carboxylic acids is 1. The van der Waals surface area contributed by atoms with Crippen molar-refractivity contribution in [3.05, 3.63) is 29.6 Å². The van der Waals surface area contributed by atoms with E-state index in [9.17, 15) is 9.18 Å². The third-order valence-corrected chi connectivity index (χ3v) is 2.36. The highest BCUT2D eigenvalue weighted by Gasteiger charge is 2.11. The summed E-state index contributed by atoms with van der Waals surface area (Å²) in [7, 11) is 1.62. The fraction of sp³-hybridized carbons (Fsp3) is 0.417. The Balaban J connectivity index is 2.72. The number of carbonyl (C=O) groups is 1. The molecule has 1 unspecified atom stereocenters. The molecule has 0 aliphatic carbocycles. The standard InChI is InChI=1S/C12H16FNO3/c1-8(5-6-17-2)14-9-3-4-11(13)10(7-9)12(15)16/h3-4,7-8,14H,5-6H2,1-2H3,(H,15,16). The van der Waals surface area contributed by atoms with Crippen LogP contribution in [-0.2, 0) is 4.74 Å². The van der Waals surface area contributed by atoms with E-state index in [0.717, 1.165) is 12.5 Å². The first kappa shape index (κ1) is 13.4. The van der Waals surface area contributed by atoms with Gasteiger partial charge in [-0.25, -0.2) is 9.18 Å². The van der Waals surface area contributed by atoms with Crippen molar-refractivity contribution in [3.8, 4) is 0 Å². The molecule has 0 bridgehead atoms. The van der Waals surface area contributed by atoms with Crippen molar-refractivity contribution < 1.29 is 19.0 Å². The van der Waals surface area contributed by atoms with E-state index < -0.39 is 11.8 Å². The molecule has 0 aromatic heterocycles. The predicted octanol–water partition coefficient (Wildman–Crippen LogP) is 2.36. The van der Waals surface area contributed by atoms with E-state index in [2.05, 4.69) is 5.32 Å². The van der Waals surface area contributed by atoms with Gasteiger partial charge in [-0.3, -0.25) is 0 Å². The van der Waals surface area contributed by atoms with Crippen LogP contribution in [-0.4, -0.2) is 30.8 Å². The molecule has 0 heterocycles. The molecular weight excluding hydrogens is 225 g/mol. The van der Waals surface area contributed by atoms with Gasteiger partial charge in [0.25, 0.3) is 0 Å². The van der Waals surface area contributed by atoms with E-state index in [0.29, 0.717) is 12.3 Å². The maximum absolute atomic E-state index is 13.1. The zero-order chi connectivity index (χ0) is 12.8. The molecule has 1 aromatic rings. The van der Waals surface area contributed by atoms with Gasteiger partial charge in [0.1, 0.15) is 5.82 Å². The van der Waals surface area contributed by atoms with Gasteiger partial charge in [0.2, 0.25) is 0 Å². The van der Waals surface area contributed by atoms with Crippen molar-refractivity contribution in [3.63, 3.8) is 0 Å². The lowest BCUT2D eigenvalue weighted by Gasteiger charge is -2.15. The van der Waals surface area contributed by atoms with Crippen molar-refractivity contribution in [2.75, 3.05) is 19.0 Å². The summed E-state index contributed by atoms with van der Waals surface area (Å²) in [6.07, 6.45) is 0.788. The lowest BCUT2D eigenvalue weighted by Crippen LogP contribution is -2.17. The first-order valence-electron chi connectivity index (χ1n) is 5.33. The van der Waals surface area contributed by atoms with Gasteiger partial charge in [-0.1, -0.05) is 0 Å². The highest BCUT2D eigenvalue weighted by Crippen LogP contribution is 2.16. The second-order valence-corrected chi connectivity index (χ2v) is 3.83. The summed E-state index contributed by atoms with van der Waals surface area (Å²) in [5.41, 5.74) is 0.265. The van der Waals surface area contributed by atoms with Crippen molar-refractivity contribution in [2.45, 2.75) is 19.4 Å². The van der Waals surface area contributed by atoms with Gasteiger partial charge < -0.3 is 15.2 Å². The number of carboxylic acid groups (broad SMARTS) is 1. The molecule has 0 saturated heterocycles. The molecule has 0 radical (unpaired) electrons. The van der Waals surface area contributed by atoms with Crippen molar-refractivity contribution in [2.24, 2.45) is 0 Å². The van der Waals surface area contributed by atoms with Gasteiger partial charge in [0.05, 0.1) is 5.56 Å². The number of methoxy groups -OCH3 is 1. The maximum Gasteiger partial charge on any atom is 0.338 e. The van der Waals surface area contributed by atoms with Crippen molar-refractivity contribution in [1.82, 2.24) is 0 Å². The minimum atomic E-state index is -1.27. The van der Waals surface area contributed by atoms with Gasteiger partial charge in [-0.05, 0) is 31.5 Å². The van der Waals surface area contributed by atoms with Crippen LogP contribution in [0.3, 0.4) is 0 Å². The molecule has 0 aliphatic rings. The van der Waals surface area contributed by atoms with E-state index >= 15 is 0 Å². The number of hydrogen-bond acceptors (Lipinski definition) is 3. The van der Waals surface area contributed by atoms with Gasteiger partial charge in [0, 0.05) is 25.4 Å². The third-order valence-electron chi connectivity index (χ3n) is 2.36. The predicted molar refractivity (Wildman–Crippen MR) is 62.9 cm³/mol. The largest absolute Gasteiger partial charge is 0.478 e. The Hall–Kier alpha value is -1.62. The lowest BCUT2D eigenvalue weighted by molar-refractivity contribution is 0.0692. The summed E-state index contributed by atoms with van der Waals surface area (Å²) in [6.45, 7) is 2.56. The number of ether oxygens (including phenoxy) is 1. The average molecular weight is 241 g/mol. The van der Waals surface area contributed by atoms with Gasteiger partial charge in [-0.15, -0.1) is 0 Å². The third kappa shape index (κ3) is 4.03. The molecule has 2 N–H and O–H groups in total. The smallest absolute Gasteiger partial charge is 0.338 e. The molecule has 5 heteroatoms. The first-order chi connectivity index (χ1) is 8.04. The zero-order valence-electron chi connectivity index (χ0n) is 9.87. The van der Waals surface area contributed by atoms with Crippen LogP contribution in [0, 0.1) is 5.82 Å². The van der Waals surface area contributed by atoms with Crippen LogP contribution in [0.25, 0.3) is 0 Å². The molecular formula is C12H16FNO3. The van der Waals surface area contributed by atoms with Crippen LogP contribution in [0.5, 0.6) is 0 Å². The summed E-state index contributed by atoms with van der Waals surface area (Å²) in [5.74, 6) is -2.00. The lowest BCUT2D eigenvalue weighted by atomic mass is 10.1. The van der Waals surface area contributed by atoms with E-state index in [1.807, 2.05) is 6.92 Å². The van der Waals surface area contributed by atoms with Crippen LogP contribution < -0.4 is 5.32 Å².